The molecule has 0 saturated heterocycles. The van der Waals surface area contributed by atoms with Crippen molar-refractivity contribution < 1.29 is 4.74 Å². The van der Waals surface area contributed by atoms with E-state index in [2.05, 4.69) is 38.2 Å². The van der Waals surface area contributed by atoms with Gasteiger partial charge in [0.15, 0.2) is 0 Å². The fraction of sp³-hybridized carbons (Fsp3) is 0.571. The van der Waals surface area contributed by atoms with E-state index in [-0.39, 0.29) is 0 Å². The van der Waals surface area contributed by atoms with Gasteiger partial charge in [-0.1, -0.05) is 6.07 Å². The lowest BCUT2D eigenvalue weighted by molar-refractivity contribution is 0.0877. The first kappa shape index (κ1) is 11.5. The van der Waals surface area contributed by atoms with Gasteiger partial charge in [-0.25, -0.2) is 0 Å². The third kappa shape index (κ3) is 2.22. The monoisotopic (exact) mass is 219 g/mol. The molecule has 0 unspecified atom stereocenters. The van der Waals surface area contributed by atoms with Crippen molar-refractivity contribution in [2.75, 3.05) is 7.05 Å². The largest absolute Gasteiger partial charge is 0.490 e. The summed E-state index contributed by atoms with van der Waals surface area (Å²) in [6.45, 7) is 6.40. The van der Waals surface area contributed by atoms with Crippen molar-refractivity contribution in [3.63, 3.8) is 0 Å². The average molecular weight is 219 g/mol. The zero-order valence-corrected chi connectivity index (χ0v) is 10.6. The van der Waals surface area contributed by atoms with Gasteiger partial charge in [0.05, 0.1) is 0 Å². The molecule has 0 atom stereocenters. The van der Waals surface area contributed by atoms with Gasteiger partial charge in [-0.2, -0.15) is 0 Å². The Morgan fingerprint density at radius 1 is 1.19 bits per heavy atom. The highest BCUT2D eigenvalue weighted by molar-refractivity contribution is 5.42. The maximum absolute atomic E-state index is 6.03. The van der Waals surface area contributed by atoms with Crippen LogP contribution in [0, 0.1) is 20.8 Å². The molecule has 0 bridgehead atoms. The highest BCUT2D eigenvalue weighted by Gasteiger charge is 2.29. The van der Waals surface area contributed by atoms with E-state index in [1.165, 1.54) is 16.7 Å². The summed E-state index contributed by atoms with van der Waals surface area (Å²) < 4.78 is 6.03. The lowest BCUT2D eigenvalue weighted by Gasteiger charge is -2.35. The van der Waals surface area contributed by atoms with Crippen molar-refractivity contribution >= 4 is 0 Å². The lowest BCUT2D eigenvalue weighted by Crippen LogP contribution is -2.45. The van der Waals surface area contributed by atoms with Crippen molar-refractivity contribution in [2.24, 2.45) is 0 Å². The molecular formula is C14H21NO. The highest BCUT2D eigenvalue weighted by Crippen LogP contribution is 2.29. The number of hydrogen-bond donors (Lipinski definition) is 1. The number of nitrogens with one attached hydrogen (secondary N) is 1. The molecule has 0 aromatic heterocycles. The van der Waals surface area contributed by atoms with Gasteiger partial charge >= 0.3 is 0 Å². The third-order valence-corrected chi connectivity index (χ3v) is 3.56. The predicted octanol–water partition coefficient (Wildman–Crippen LogP) is 2.74. The number of benzene rings is 1. The van der Waals surface area contributed by atoms with Gasteiger partial charge in [0.1, 0.15) is 11.9 Å². The Balaban J connectivity index is 2.05. The fourth-order valence-corrected chi connectivity index (χ4v) is 2.20. The molecule has 2 heteroatoms. The molecule has 16 heavy (non-hydrogen) atoms. The van der Waals surface area contributed by atoms with E-state index in [0.29, 0.717) is 12.1 Å². The van der Waals surface area contributed by atoms with E-state index < -0.39 is 0 Å². The molecule has 1 saturated carbocycles. The summed E-state index contributed by atoms with van der Waals surface area (Å²) in [6, 6.07) is 5.00. The van der Waals surface area contributed by atoms with Crippen LogP contribution in [0.25, 0.3) is 0 Å². The van der Waals surface area contributed by atoms with Crippen molar-refractivity contribution in [3.8, 4) is 5.75 Å². The normalized spacial score (nSPS) is 24.0. The van der Waals surface area contributed by atoms with Crippen molar-refractivity contribution in [3.05, 3.63) is 28.8 Å². The summed E-state index contributed by atoms with van der Waals surface area (Å²) >= 11 is 0. The number of hydrogen-bond acceptors (Lipinski definition) is 2. The van der Waals surface area contributed by atoms with Crippen LogP contribution in [0.5, 0.6) is 5.75 Å². The van der Waals surface area contributed by atoms with Crippen molar-refractivity contribution in [2.45, 2.75) is 45.8 Å². The number of ether oxygens (including phenoxy) is 1. The molecule has 0 radical (unpaired) electrons. The Morgan fingerprint density at radius 3 is 2.50 bits per heavy atom. The molecule has 2 rings (SSSR count). The number of rotatable bonds is 3. The minimum absolute atomic E-state index is 0.400. The summed E-state index contributed by atoms with van der Waals surface area (Å²) in [6.07, 6.45) is 2.66. The van der Waals surface area contributed by atoms with Gasteiger partial charge in [0, 0.05) is 6.04 Å². The maximum atomic E-state index is 6.03. The van der Waals surface area contributed by atoms with Crippen LogP contribution in [0.3, 0.4) is 0 Å². The van der Waals surface area contributed by atoms with Gasteiger partial charge in [0.2, 0.25) is 0 Å². The van der Waals surface area contributed by atoms with Crippen LogP contribution in [0.1, 0.15) is 29.5 Å². The smallest absolute Gasteiger partial charge is 0.123 e. The molecule has 0 spiro atoms. The maximum Gasteiger partial charge on any atom is 0.123 e. The highest BCUT2D eigenvalue weighted by atomic mass is 16.5. The molecule has 1 aromatic carbocycles. The minimum atomic E-state index is 0.400. The van der Waals surface area contributed by atoms with Crippen LogP contribution in [-0.4, -0.2) is 19.2 Å². The van der Waals surface area contributed by atoms with E-state index in [1.807, 2.05) is 7.05 Å². The first-order chi connectivity index (χ1) is 7.60. The van der Waals surface area contributed by atoms with Gasteiger partial charge in [-0.15, -0.1) is 0 Å². The van der Waals surface area contributed by atoms with Crippen LogP contribution >= 0.6 is 0 Å². The van der Waals surface area contributed by atoms with Crippen LogP contribution in [0.4, 0.5) is 0 Å². The zero-order valence-electron chi connectivity index (χ0n) is 10.6. The zero-order chi connectivity index (χ0) is 11.7. The topological polar surface area (TPSA) is 21.3 Å². The molecule has 0 amide bonds. The Labute approximate surface area is 98.0 Å². The molecule has 1 aliphatic carbocycles. The Bertz CT molecular complexity index is 381. The van der Waals surface area contributed by atoms with Crippen molar-refractivity contribution in [1.29, 1.82) is 0 Å². The van der Waals surface area contributed by atoms with Crippen LogP contribution < -0.4 is 10.1 Å². The minimum Gasteiger partial charge on any atom is -0.490 e. The van der Waals surface area contributed by atoms with Gasteiger partial charge < -0.3 is 10.1 Å². The summed E-state index contributed by atoms with van der Waals surface area (Å²) in [5, 5.41) is 3.27. The molecular weight excluding hydrogens is 198 g/mol. The van der Waals surface area contributed by atoms with E-state index in [0.717, 1.165) is 18.6 Å². The molecule has 88 valence electrons. The quantitative estimate of drug-likeness (QED) is 0.844. The SMILES string of the molecule is CNC1CC(Oc2cc(C)cc(C)c2C)C1. The van der Waals surface area contributed by atoms with E-state index in [4.69, 9.17) is 4.74 Å². The Morgan fingerprint density at radius 2 is 1.88 bits per heavy atom. The van der Waals surface area contributed by atoms with E-state index in [1.54, 1.807) is 0 Å². The van der Waals surface area contributed by atoms with Crippen LogP contribution in [0.2, 0.25) is 0 Å². The molecule has 1 fully saturated rings. The number of aryl methyl sites for hydroxylation is 2. The molecule has 2 nitrogen and oxygen atoms in total. The second kappa shape index (κ2) is 4.46. The van der Waals surface area contributed by atoms with Gasteiger partial charge in [-0.05, 0) is 63.4 Å². The lowest BCUT2D eigenvalue weighted by atomic mass is 9.89. The van der Waals surface area contributed by atoms with Gasteiger partial charge in [-0.3, -0.25) is 0 Å². The van der Waals surface area contributed by atoms with E-state index >= 15 is 0 Å². The molecule has 1 N–H and O–H groups in total. The summed E-state index contributed by atoms with van der Waals surface area (Å²) in [7, 11) is 2.02. The first-order valence-electron chi connectivity index (χ1n) is 6.02. The van der Waals surface area contributed by atoms with E-state index in [9.17, 15) is 0 Å². The molecule has 0 heterocycles. The fourth-order valence-electron chi connectivity index (χ4n) is 2.20. The third-order valence-electron chi connectivity index (χ3n) is 3.56. The standard InChI is InChI=1S/C14H21NO/c1-9-5-10(2)11(3)14(6-9)16-13-7-12(8-13)15-4/h5-6,12-13,15H,7-8H2,1-4H3. The second-order valence-corrected chi connectivity index (χ2v) is 4.90. The predicted molar refractivity (Wildman–Crippen MR) is 67.2 cm³/mol. The Hall–Kier alpha value is -1.02. The summed E-state index contributed by atoms with van der Waals surface area (Å²) in [5.74, 6) is 1.07. The first-order valence-corrected chi connectivity index (χ1v) is 6.02. The van der Waals surface area contributed by atoms with Crippen molar-refractivity contribution in [1.82, 2.24) is 5.32 Å². The second-order valence-electron chi connectivity index (χ2n) is 4.90. The molecule has 1 aliphatic rings. The summed E-state index contributed by atoms with van der Waals surface area (Å²) in [5.41, 5.74) is 3.88. The molecule has 1 aromatic rings. The average Bonchev–Trinajstić information content (AvgIpc) is 2.17. The van der Waals surface area contributed by atoms with Crippen LogP contribution in [0.15, 0.2) is 12.1 Å². The molecule has 0 aliphatic heterocycles. The van der Waals surface area contributed by atoms with Gasteiger partial charge in [0.25, 0.3) is 0 Å². The van der Waals surface area contributed by atoms with Crippen LogP contribution in [-0.2, 0) is 0 Å². The Kier molecular flexibility index (Phi) is 3.20. The summed E-state index contributed by atoms with van der Waals surface area (Å²) in [4.78, 5) is 0.